The van der Waals surface area contributed by atoms with Gasteiger partial charge >= 0.3 is 0 Å². The number of nitrogens with one attached hydrogen (secondary N) is 1. The molecule has 1 atom stereocenters. The molecule has 2 aromatic rings. The van der Waals surface area contributed by atoms with E-state index < -0.39 is 0 Å². The van der Waals surface area contributed by atoms with Gasteiger partial charge in [0.2, 0.25) is 5.91 Å². The lowest BCUT2D eigenvalue weighted by Gasteiger charge is -2.12. The minimum atomic E-state index is -0.255. The van der Waals surface area contributed by atoms with Gasteiger partial charge in [0.25, 0.3) is 0 Å². The second-order valence-electron chi connectivity index (χ2n) is 5.45. The van der Waals surface area contributed by atoms with Crippen LogP contribution < -0.4 is 5.32 Å². The molecular weight excluding hydrogens is 360 g/mol. The van der Waals surface area contributed by atoms with Crippen molar-refractivity contribution in [3.05, 3.63) is 29.3 Å². The molecule has 1 N–H and O–H groups in total. The van der Waals surface area contributed by atoms with E-state index in [2.05, 4.69) is 15.5 Å². The first-order chi connectivity index (χ1) is 12.1. The second-order valence-corrected chi connectivity index (χ2v) is 7.20. The third-order valence-electron chi connectivity index (χ3n) is 3.61. The monoisotopic (exact) mass is 382 g/mol. The smallest absolute Gasteiger partial charge is 0.233 e. The SMILES string of the molecule is CCn1c(SC(C)C(=O)NCCCOC)nnc1-c1ccc(Cl)cc1. The molecule has 0 aliphatic carbocycles. The molecule has 0 aliphatic heterocycles. The van der Waals surface area contributed by atoms with Crippen LogP contribution in [0.25, 0.3) is 11.4 Å². The molecule has 0 aliphatic rings. The molecule has 1 aromatic carbocycles. The highest BCUT2D eigenvalue weighted by Gasteiger charge is 2.20. The van der Waals surface area contributed by atoms with Crippen LogP contribution in [0, 0.1) is 0 Å². The van der Waals surface area contributed by atoms with E-state index in [0.29, 0.717) is 18.2 Å². The van der Waals surface area contributed by atoms with Crippen LogP contribution in [0.15, 0.2) is 29.4 Å². The topological polar surface area (TPSA) is 69.0 Å². The fourth-order valence-corrected chi connectivity index (χ4v) is 3.32. The van der Waals surface area contributed by atoms with Crippen molar-refractivity contribution in [3.8, 4) is 11.4 Å². The lowest BCUT2D eigenvalue weighted by molar-refractivity contribution is -0.120. The minimum Gasteiger partial charge on any atom is -0.385 e. The highest BCUT2D eigenvalue weighted by molar-refractivity contribution is 8.00. The Morgan fingerprint density at radius 1 is 1.36 bits per heavy atom. The van der Waals surface area contributed by atoms with Crippen LogP contribution in [0.2, 0.25) is 5.02 Å². The van der Waals surface area contributed by atoms with Crippen molar-refractivity contribution in [2.75, 3.05) is 20.3 Å². The normalized spacial score (nSPS) is 12.2. The number of halogens is 1. The maximum absolute atomic E-state index is 12.2. The van der Waals surface area contributed by atoms with E-state index in [4.69, 9.17) is 16.3 Å². The Kier molecular flexibility index (Phi) is 7.74. The Hall–Kier alpha value is -1.57. The Morgan fingerprint density at radius 3 is 2.72 bits per heavy atom. The van der Waals surface area contributed by atoms with Crippen molar-refractivity contribution in [3.63, 3.8) is 0 Å². The van der Waals surface area contributed by atoms with Crippen molar-refractivity contribution in [1.29, 1.82) is 0 Å². The van der Waals surface area contributed by atoms with Crippen LogP contribution in [0.5, 0.6) is 0 Å². The Balaban J connectivity index is 2.04. The van der Waals surface area contributed by atoms with Gasteiger partial charge in [-0.2, -0.15) is 0 Å². The molecule has 0 radical (unpaired) electrons. The molecule has 136 valence electrons. The van der Waals surface area contributed by atoms with Crippen LogP contribution in [0.1, 0.15) is 20.3 Å². The first-order valence-electron chi connectivity index (χ1n) is 8.19. The number of hydrogen-bond donors (Lipinski definition) is 1. The van der Waals surface area contributed by atoms with Gasteiger partial charge in [-0.05, 0) is 44.5 Å². The lowest BCUT2D eigenvalue weighted by Crippen LogP contribution is -2.32. The average Bonchev–Trinajstić information content (AvgIpc) is 3.01. The number of aromatic nitrogens is 3. The van der Waals surface area contributed by atoms with Crippen molar-refractivity contribution >= 4 is 29.3 Å². The molecule has 1 aromatic heterocycles. The summed E-state index contributed by atoms with van der Waals surface area (Å²) in [6.45, 7) is 5.86. The van der Waals surface area contributed by atoms with Crippen molar-refractivity contribution in [2.45, 2.75) is 37.2 Å². The van der Waals surface area contributed by atoms with Gasteiger partial charge in [0.05, 0.1) is 5.25 Å². The number of benzene rings is 1. The molecule has 0 fully saturated rings. The van der Waals surface area contributed by atoms with Crippen molar-refractivity contribution in [2.24, 2.45) is 0 Å². The predicted molar refractivity (Wildman–Crippen MR) is 101 cm³/mol. The van der Waals surface area contributed by atoms with Crippen LogP contribution in [0.3, 0.4) is 0 Å². The Bertz CT molecular complexity index is 690. The number of hydrogen-bond acceptors (Lipinski definition) is 5. The van der Waals surface area contributed by atoms with E-state index in [1.54, 1.807) is 7.11 Å². The van der Waals surface area contributed by atoms with Gasteiger partial charge in [-0.1, -0.05) is 23.4 Å². The molecule has 2 rings (SSSR count). The van der Waals surface area contributed by atoms with E-state index in [-0.39, 0.29) is 11.2 Å². The number of carbonyl (C=O) groups excluding carboxylic acids is 1. The molecular formula is C17H23ClN4O2S. The summed E-state index contributed by atoms with van der Waals surface area (Å²) in [5, 5.41) is 12.6. The summed E-state index contributed by atoms with van der Waals surface area (Å²) in [4.78, 5) is 12.2. The largest absolute Gasteiger partial charge is 0.385 e. The summed E-state index contributed by atoms with van der Waals surface area (Å²) in [5.74, 6) is 0.758. The predicted octanol–water partition coefficient (Wildman–Crippen LogP) is 3.25. The summed E-state index contributed by atoms with van der Waals surface area (Å²) in [5.41, 5.74) is 0.947. The molecule has 0 saturated carbocycles. The lowest BCUT2D eigenvalue weighted by atomic mass is 10.2. The maximum atomic E-state index is 12.2. The minimum absolute atomic E-state index is 0.0141. The summed E-state index contributed by atoms with van der Waals surface area (Å²) in [7, 11) is 1.65. The maximum Gasteiger partial charge on any atom is 0.233 e. The van der Waals surface area contributed by atoms with Crippen LogP contribution in [0.4, 0.5) is 0 Å². The highest BCUT2D eigenvalue weighted by atomic mass is 35.5. The van der Waals surface area contributed by atoms with Crippen LogP contribution in [-0.2, 0) is 16.1 Å². The van der Waals surface area contributed by atoms with E-state index in [1.165, 1.54) is 11.8 Å². The van der Waals surface area contributed by atoms with Gasteiger partial charge in [-0.25, -0.2) is 0 Å². The zero-order chi connectivity index (χ0) is 18.2. The number of rotatable bonds is 9. The molecule has 0 bridgehead atoms. The number of nitrogens with zero attached hydrogens (tertiary/aromatic N) is 3. The average molecular weight is 383 g/mol. The standard InChI is InChI=1S/C17H23ClN4O2S/c1-4-22-15(13-6-8-14(18)9-7-13)20-21-17(22)25-12(2)16(23)19-10-5-11-24-3/h6-9,12H,4-5,10-11H2,1-3H3,(H,19,23). The molecule has 0 saturated heterocycles. The number of ether oxygens (including phenoxy) is 1. The summed E-state index contributed by atoms with van der Waals surface area (Å²) in [6.07, 6.45) is 0.797. The molecule has 1 heterocycles. The summed E-state index contributed by atoms with van der Waals surface area (Å²) in [6, 6.07) is 7.49. The molecule has 0 spiro atoms. The van der Waals surface area contributed by atoms with Gasteiger partial charge in [-0.3, -0.25) is 4.79 Å². The molecule has 6 nitrogen and oxygen atoms in total. The number of carbonyl (C=O) groups is 1. The second kappa shape index (κ2) is 9.79. The van der Waals surface area contributed by atoms with Gasteiger partial charge in [0, 0.05) is 37.4 Å². The first kappa shape index (κ1) is 19.8. The third kappa shape index (κ3) is 5.45. The molecule has 8 heteroatoms. The third-order valence-corrected chi connectivity index (χ3v) is 4.94. The van der Waals surface area contributed by atoms with Crippen molar-refractivity contribution in [1.82, 2.24) is 20.1 Å². The van der Waals surface area contributed by atoms with Crippen molar-refractivity contribution < 1.29 is 9.53 Å². The van der Waals surface area contributed by atoms with Crippen LogP contribution in [-0.4, -0.2) is 46.2 Å². The zero-order valence-corrected chi connectivity index (χ0v) is 16.2. The quantitative estimate of drug-likeness (QED) is 0.532. The first-order valence-corrected chi connectivity index (χ1v) is 9.45. The Morgan fingerprint density at radius 2 is 2.08 bits per heavy atom. The molecule has 1 unspecified atom stereocenters. The van der Waals surface area contributed by atoms with E-state index >= 15 is 0 Å². The summed E-state index contributed by atoms with van der Waals surface area (Å²) >= 11 is 7.35. The fraction of sp³-hybridized carbons (Fsp3) is 0.471. The van der Waals surface area contributed by atoms with Crippen LogP contribution >= 0.6 is 23.4 Å². The van der Waals surface area contributed by atoms with Gasteiger partial charge < -0.3 is 14.6 Å². The number of methoxy groups -OCH3 is 1. The highest BCUT2D eigenvalue weighted by Crippen LogP contribution is 2.27. The molecule has 1 amide bonds. The van der Waals surface area contributed by atoms with Gasteiger partial charge in [0.1, 0.15) is 0 Å². The van der Waals surface area contributed by atoms with Gasteiger partial charge in [-0.15, -0.1) is 10.2 Å². The zero-order valence-electron chi connectivity index (χ0n) is 14.7. The fourth-order valence-electron chi connectivity index (χ4n) is 2.26. The van der Waals surface area contributed by atoms with E-state index in [0.717, 1.165) is 29.5 Å². The number of thioether (sulfide) groups is 1. The number of amides is 1. The Labute approximate surface area is 157 Å². The summed E-state index contributed by atoms with van der Waals surface area (Å²) < 4.78 is 6.98. The molecule has 25 heavy (non-hydrogen) atoms. The van der Waals surface area contributed by atoms with E-state index in [9.17, 15) is 4.79 Å². The van der Waals surface area contributed by atoms with Gasteiger partial charge in [0.15, 0.2) is 11.0 Å². The van der Waals surface area contributed by atoms with E-state index in [1.807, 2.05) is 42.7 Å².